The van der Waals surface area contributed by atoms with E-state index >= 15 is 0 Å². The van der Waals surface area contributed by atoms with E-state index in [2.05, 4.69) is 26.2 Å². The minimum Gasteiger partial charge on any atom is -0.345 e. The molecule has 4 rings (SSSR count). The molecular formula is C19H18BrN3O2S. The van der Waals surface area contributed by atoms with Crippen LogP contribution in [-0.4, -0.2) is 15.3 Å². The first-order chi connectivity index (χ1) is 12.5. The molecule has 0 saturated heterocycles. The number of hydrogen-bond donors (Lipinski definition) is 1. The first-order valence-electron chi connectivity index (χ1n) is 8.63. The van der Waals surface area contributed by atoms with Crippen molar-refractivity contribution in [3.8, 4) is 0 Å². The summed E-state index contributed by atoms with van der Waals surface area (Å²) in [6, 6.07) is 7.54. The number of benzene rings is 1. The summed E-state index contributed by atoms with van der Waals surface area (Å²) >= 11 is 5.00. The van der Waals surface area contributed by atoms with Crippen LogP contribution in [0.5, 0.6) is 0 Å². The van der Waals surface area contributed by atoms with Gasteiger partial charge in [0, 0.05) is 21.2 Å². The molecular weight excluding hydrogens is 414 g/mol. The summed E-state index contributed by atoms with van der Waals surface area (Å²) in [5.41, 5.74) is 1.82. The minimum absolute atomic E-state index is 0.0931. The van der Waals surface area contributed by atoms with Crippen molar-refractivity contribution in [3.05, 3.63) is 67.0 Å². The average molecular weight is 432 g/mol. The maximum absolute atomic E-state index is 12.9. The number of nitrogens with one attached hydrogen (secondary N) is 1. The largest absolute Gasteiger partial charge is 0.345 e. The monoisotopic (exact) mass is 431 g/mol. The summed E-state index contributed by atoms with van der Waals surface area (Å²) in [7, 11) is 0. The van der Waals surface area contributed by atoms with Gasteiger partial charge in [0.2, 0.25) is 0 Å². The number of carbonyl (C=O) groups excluding carboxylic acids is 1. The first-order valence-corrected chi connectivity index (χ1v) is 10.2. The van der Waals surface area contributed by atoms with E-state index in [1.807, 2.05) is 31.2 Å². The van der Waals surface area contributed by atoms with Crippen molar-refractivity contribution >= 4 is 38.1 Å². The van der Waals surface area contributed by atoms with E-state index in [-0.39, 0.29) is 23.1 Å². The van der Waals surface area contributed by atoms with Crippen molar-refractivity contribution in [1.29, 1.82) is 0 Å². The van der Waals surface area contributed by atoms with Crippen molar-refractivity contribution in [1.82, 2.24) is 14.7 Å². The summed E-state index contributed by atoms with van der Waals surface area (Å²) in [5, 5.41) is 2.91. The first kappa shape index (κ1) is 17.4. The number of fused-ring (bicyclic) bond motifs is 3. The Hall–Kier alpha value is -1.99. The highest BCUT2D eigenvalue weighted by molar-refractivity contribution is 9.10. The zero-order chi connectivity index (χ0) is 18.3. The maximum Gasteiger partial charge on any atom is 0.271 e. The summed E-state index contributed by atoms with van der Waals surface area (Å²) in [6.45, 7) is 1.90. The standard InChI is InChI=1S/C19H18BrN3O2S/c1-11(12-5-4-6-13(20)9-12)22-17(24)14-10-21-19-23(18(14)25)15-7-2-3-8-16(15)26-19/h4-6,9-11H,2-3,7-8H2,1H3,(H,22,24). The molecule has 26 heavy (non-hydrogen) atoms. The molecule has 0 radical (unpaired) electrons. The average Bonchev–Trinajstić information content (AvgIpc) is 3.01. The third-order valence-electron chi connectivity index (χ3n) is 4.74. The smallest absolute Gasteiger partial charge is 0.271 e. The maximum atomic E-state index is 12.9. The number of halogens is 1. The number of carbonyl (C=O) groups is 1. The van der Waals surface area contributed by atoms with Crippen LogP contribution in [0.3, 0.4) is 0 Å². The molecule has 1 N–H and O–H groups in total. The van der Waals surface area contributed by atoms with Crippen LogP contribution in [0, 0.1) is 0 Å². The number of thiazole rings is 1. The van der Waals surface area contributed by atoms with Gasteiger partial charge in [-0.1, -0.05) is 28.1 Å². The topological polar surface area (TPSA) is 63.5 Å². The van der Waals surface area contributed by atoms with Gasteiger partial charge in [-0.25, -0.2) is 4.98 Å². The zero-order valence-electron chi connectivity index (χ0n) is 14.3. The highest BCUT2D eigenvalue weighted by atomic mass is 79.9. The second-order valence-electron chi connectivity index (χ2n) is 6.52. The molecule has 3 aromatic rings. The summed E-state index contributed by atoms with van der Waals surface area (Å²) < 4.78 is 2.59. The van der Waals surface area contributed by atoms with E-state index in [9.17, 15) is 9.59 Å². The lowest BCUT2D eigenvalue weighted by atomic mass is 10.0. The van der Waals surface area contributed by atoms with Crippen LogP contribution in [-0.2, 0) is 12.8 Å². The molecule has 7 heteroatoms. The number of aromatic nitrogens is 2. The molecule has 1 amide bonds. The van der Waals surface area contributed by atoms with E-state index < -0.39 is 0 Å². The van der Waals surface area contributed by atoms with E-state index in [1.54, 1.807) is 15.7 Å². The van der Waals surface area contributed by atoms with Gasteiger partial charge in [-0.05, 0) is 50.3 Å². The molecule has 0 spiro atoms. The van der Waals surface area contributed by atoms with Gasteiger partial charge in [-0.2, -0.15) is 0 Å². The molecule has 1 atom stereocenters. The van der Waals surface area contributed by atoms with Crippen molar-refractivity contribution in [3.63, 3.8) is 0 Å². The van der Waals surface area contributed by atoms with Crippen LogP contribution in [0.4, 0.5) is 0 Å². The SMILES string of the molecule is CC(NC(=O)c1cnc2sc3c(n2c1=O)CCCC3)c1cccc(Br)c1. The van der Waals surface area contributed by atoms with Crippen LogP contribution >= 0.6 is 27.3 Å². The van der Waals surface area contributed by atoms with Crippen LogP contribution in [0.1, 0.15) is 52.3 Å². The van der Waals surface area contributed by atoms with Crippen LogP contribution in [0.25, 0.3) is 4.96 Å². The molecule has 1 aliphatic rings. The van der Waals surface area contributed by atoms with Crippen molar-refractivity contribution in [2.45, 2.75) is 38.6 Å². The number of rotatable bonds is 3. The Bertz CT molecular complexity index is 1060. The van der Waals surface area contributed by atoms with Gasteiger partial charge in [-0.15, -0.1) is 11.3 Å². The Morgan fingerprint density at radius 3 is 2.96 bits per heavy atom. The van der Waals surface area contributed by atoms with Crippen molar-refractivity contribution in [2.75, 3.05) is 0 Å². The molecule has 134 valence electrons. The highest BCUT2D eigenvalue weighted by Crippen LogP contribution is 2.28. The Morgan fingerprint density at radius 1 is 1.35 bits per heavy atom. The summed E-state index contributed by atoms with van der Waals surface area (Å²) in [6.07, 6.45) is 5.48. The molecule has 0 fully saturated rings. The quantitative estimate of drug-likeness (QED) is 0.683. The molecule has 0 aliphatic heterocycles. The molecule has 0 saturated carbocycles. The molecule has 0 bridgehead atoms. The van der Waals surface area contributed by atoms with Crippen molar-refractivity contribution in [2.24, 2.45) is 0 Å². The van der Waals surface area contributed by atoms with Gasteiger partial charge in [0.1, 0.15) is 5.56 Å². The van der Waals surface area contributed by atoms with Crippen LogP contribution < -0.4 is 10.9 Å². The van der Waals surface area contributed by atoms with E-state index in [0.717, 1.165) is 41.4 Å². The Labute approximate surface area is 163 Å². The Balaban J connectivity index is 1.67. The van der Waals surface area contributed by atoms with Crippen molar-refractivity contribution < 1.29 is 4.79 Å². The van der Waals surface area contributed by atoms with E-state index in [1.165, 1.54) is 11.1 Å². The van der Waals surface area contributed by atoms with Crippen LogP contribution in [0.2, 0.25) is 0 Å². The fourth-order valence-corrected chi connectivity index (χ4v) is 4.94. The fourth-order valence-electron chi connectivity index (χ4n) is 3.36. The molecule has 1 unspecified atom stereocenters. The lowest BCUT2D eigenvalue weighted by Crippen LogP contribution is -2.33. The third-order valence-corrected chi connectivity index (χ3v) is 6.39. The van der Waals surface area contributed by atoms with Gasteiger partial charge in [0.15, 0.2) is 4.96 Å². The minimum atomic E-state index is -0.389. The van der Waals surface area contributed by atoms with Gasteiger partial charge in [0.05, 0.1) is 6.04 Å². The predicted octanol–water partition coefficient (Wildman–Crippen LogP) is 3.89. The van der Waals surface area contributed by atoms with Gasteiger partial charge in [-0.3, -0.25) is 14.0 Å². The normalized spacial score (nSPS) is 14.8. The fraction of sp³-hybridized carbons (Fsp3) is 0.316. The molecule has 5 nitrogen and oxygen atoms in total. The van der Waals surface area contributed by atoms with E-state index in [0.29, 0.717) is 4.96 Å². The molecule has 1 aromatic carbocycles. The lowest BCUT2D eigenvalue weighted by Gasteiger charge is -2.15. The highest BCUT2D eigenvalue weighted by Gasteiger charge is 2.22. The third kappa shape index (κ3) is 3.10. The predicted molar refractivity (Wildman–Crippen MR) is 106 cm³/mol. The van der Waals surface area contributed by atoms with E-state index in [4.69, 9.17) is 0 Å². The lowest BCUT2D eigenvalue weighted by molar-refractivity contribution is 0.0938. The molecule has 2 aromatic heterocycles. The summed E-state index contributed by atoms with van der Waals surface area (Å²) in [5.74, 6) is -0.389. The number of amides is 1. The Morgan fingerprint density at radius 2 is 2.15 bits per heavy atom. The van der Waals surface area contributed by atoms with Gasteiger partial charge < -0.3 is 5.32 Å². The second-order valence-corrected chi connectivity index (χ2v) is 8.50. The van der Waals surface area contributed by atoms with Gasteiger partial charge >= 0.3 is 0 Å². The molecule has 1 aliphatic carbocycles. The Kier molecular flexibility index (Phi) is 4.67. The number of aryl methyl sites for hydroxylation is 2. The van der Waals surface area contributed by atoms with Crippen LogP contribution in [0.15, 0.2) is 39.7 Å². The second kappa shape index (κ2) is 6.96. The number of hydrogen-bond acceptors (Lipinski definition) is 4. The van der Waals surface area contributed by atoms with Gasteiger partial charge in [0.25, 0.3) is 11.5 Å². The molecule has 2 heterocycles. The zero-order valence-corrected chi connectivity index (χ0v) is 16.7. The summed E-state index contributed by atoms with van der Waals surface area (Å²) in [4.78, 5) is 31.9. The number of nitrogens with zero attached hydrogens (tertiary/aromatic N) is 2.